The molecule has 5 rings (SSSR count). The van der Waals surface area contributed by atoms with Crippen LogP contribution in [0.25, 0.3) is 22.3 Å². The number of aromatic amines is 1. The zero-order valence-corrected chi connectivity index (χ0v) is 20.8. The summed E-state index contributed by atoms with van der Waals surface area (Å²) in [6.07, 6.45) is 4.02. The monoisotopic (exact) mass is 508 g/mol. The van der Waals surface area contributed by atoms with E-state index in [1.54, 1.807) is 32.7 Å². The van der Waals surface area contributed by atoms with Crippen LogP contribution in [-0.2, 0) is 4.74 Å². The number of nitrogens with one attached hydrogen (secondary N) is 3. The van der Waals surface area contributed by atoms with Crippen molar-refractivity contribution in [2.24, 2.45) is 0 Å². The largest absolute Gasteiger partial charge is 0.493 e. The number of H-pyrrole nitrogens is 1. The minimum absolute atomic E-state index is 0.0328. The summed E-state index contributed by atoms with van der Waals surface area (Å²) in [4.78, 5) is 29.9. The summed E-state index contributed by atoms with van der Waals surface area (Å²) in [5.41, 5.74) is 5.11. The molecule has 1 atom stereocenters. The maximum absolute atomic E-state index is 13.2. The first-order valence-electron chi connectivity index (χ1n) is 11.3. The van der Waals surface area contributed by atoms with Gasteiger partial charge in [-0.25, -0.2) is 4.98 Å². The molecule has 0 unspecified atom stereocenters. The fourth-order valence-corrected chi connectivity index (χ4v) is 4.73. The number of amides is 1. The summed E-state index contributed by atoms with van der Waals surface area (Å²) in [6.45, 7) is 1.06. The van der Waals surface area contributed by atoms with Gasteiger partial charge in [0.2, 0.25) is 0 Å². The van der Waals surface area contributed by atoms with Crippen molar-refractivity contribution in [2.45, 2.75) is 12.3 Å². The minimum Gasteiger partial charge on any atom is -0.493 e. The summed E-state index contributed by atoms with van der Waals surface area (Å²) in [6, 6.07) is 7.45. The number of halogens is 1. The van der Waals surface area contributed by atoms with E-state index in [2.05, 4.69) is 30.6 Å². The molecule has 1 aromatic carbocycles. The average Bonchev–Trinajstić information content (AvgIpc) is 3.27. The molecular weight excluding hydrogens is 484 g/mol. The predicted octanol–water partition coefficient (Wildman–Crippen LogP) is 4.30. The predicted molar refractivity (Wildman–Crippen MR) is 137 cm³/mol. The highest BCUT2D eigenvalue weighted by molar-refractivity contribution is 6.32. The van der Waals surface area contributed by atoms with Crippen molar-refractivity contribution in [3.8, 4) is 23.0 Å². The second kappa shape index (κ2) is 10.00. The Labute approximate surface area is 212 Å². The molecule has 1 aliphatic heterocycles. The van der Waals surface area contributed by atoms with Crippen molar-refractivity contribution < 1.29 is 19.0 Å². The zero-order chi connectivity index (χ0) is 25.2. The van der Waals surface area contributed by atoms with Crippen LogP contribution in [0, 0.1) is 0 Å². The second-order valence-electron chi connectivity index (χ2n) is 8.25. The summed E-state index contributed by atoms with van der Waals surface area (Å²) in [5.74, 6) is 0.316. The second-order valence-corrected chi connectivity index (χ2v) is 8.65. The number of hydrogen-bond donors (Lipinski definition) is 3. The fraction of sp³-hybridized carbons (Fsp3) is 0.280. The maximum atomic E-state index is 13.2. The number of carbonyl (C=O) groups is 1. The van der Waals surface area contributed by atoms with Crippen molar-refractivity contribution in [1.82, 2.24) is 25.3 Å². The van der Waals surface area contributed by atoms with Gasteiger partial charge in [-0.1, -0.05) is 17.7 Å². The Kier molecular flexibility index (Phi) is 6.62. The molecule has 0 saturated heterocycles. The highest BCUT2D eigenvalue weighted by Gasteiger charge is 2.33. The van der Waals surface area contributed by atoms with Gasteiger partial charge in [-0.3, -0.25) is 9.78 Å². The van der Waals surface area contributed by atoms with Gasteiger partial charge < -0.3 is 29.8 Å². The van der Waals surface area contributed by atoms with Crippen molar-refractivity contribution >= 4 is 39.9 Å². The third-order valence-corrected chi connectivity index (χ3v) is 6.48. The van der Waals surface area contributed by atoms with Crippen LogP contribution in [0.1, 0.15) is 28.4 Å². The van der Waals surface area contributed by atoms with Gasteiger partial charge in [-0.15, -0.1) is 0 Å². The summed E-state index contributed by atoms with van der Waals surface area (Å²) in [7, 11) is 4.72. The summed E-state index contributed by atoms with van der Waals surface area (Å²) >= 11 is 6.39. The van der Waals surface area contributed by atoms with Crippen molar-refractivity contribution in [1.29, 1.82) is 0 Å². The van der Waals surface area contributed by atoms with E-state index in [1.807, 2.05) is 18.2 Å². The molecule has 36 heavy (non-hydrogen) atoms. The summed E-state index contributed by atoms with van der Waals surface area (Å²) in [5, 5.41) is 6.87. The highest BCUT2D eigenvalue weighted by Crippen LogP contribution is 2.44. The first-order valence-corrected chi connectivity index (χ1v) is 11.7. The number of carbonyl (C=O) groups excluding carboxylic acids is 1. The zero-order valence-electron chi connectivity index (χ0n) is 20.0. The van der Waals surface area contributed by atoms with Crippen LogP contribution in [0.3, 0.4) is 0 Å². The van der Waals surface area contributed by atoms with Gasteiger partial charge in [-0.05, 0) is 24.6 Å². The number of para-hydroxylation sites is 1. The molecule has 0 fully saturated rings. The Bertz CT molecular complexity index is 1440. The molecule has 1 aliphatic rings. The molecule has 3 aromatic heterocycles. The molecule has 0 bridgehead atoms. The third-order valence-electron chi connectivity index (χ3n) is 6.18. The number of aromatic nitrogens is 4. The molecule has 10 nitrogen and oxygen atoms in total. The molecule has 0 saturated carbocycles. The third kappa shape index (κ3) is 4.18. The van der Waals surface area contributed by atoms with Crippen LogP contribution in [0.4, 0.5) is 11.4 Å². The Morgan fingerprint density at radius 2 is 2.03 bits per heavy atom. The van der Waals surface area contributed by atoms with E-state index in [-0.39, 0.29) is 17.8 Å². The number of ether oxygens (including phenoxy) is 3. The molecular formula is C25H25ClN6O4. The standard InChI is InChI=1S/C25H25ClN6O4/c1-34-10-8-13-11-28-24(33)18-19(13)31-21(22(18)30-16-6-4-5-15(26)23(16)35-2)14-7-9-27-17-12-29-25(36-3)32-20(14)17/h4-7,9,12-13,30-31H,8,10-11H2,1-3H3,(H,28,33)/t13-/m0/s1. The van der Waals surface area contributed by atoms with Crippen LogP contribution in [0.15, 0.2) is 36.7 Å². The van der Waals surface area contributed by atoms with Gasteiger partial charge in [0.25, 0.3) is 5.91 Å². The molecule has 0 aliphatic carbocycles. The van der Waals surface area contributed by atoms with Gasteiger partial charge in [0.1, 0.15) is 11.0 Å². The topological polar surface area (TPSA) is 123 Å². The van der Waals surface area contributed by atoms with Crippen LogP contribution in [0.2, 0.25) is 5.02 Å². The van der Waals surface area contributed by atoms with E-state index in [4.69, 9.17) is 25.8 Å². The van der Waals surface area contributed by atoms with Crippen LogP contribution in [0.5, 0.6) is 11.8 Å². The lowest BCUT2D eigenvalue weighted by Gasteiger charge is -2.23. The maximum Gasteiger partial charge on any atom is 0.316 e. The van der Waals surface area contributed by atoms with E-state index in [9.17, 15) is 4.79 Å². The lowest BCUT2D eigenvalue weighted by Crippen LogP contribution is -2.35. The molecule has 4 aromatic rings. The van der Waals surface area contributed by atoms with Crippen LogP contribution in [-0.4, -0.2) is 60.3 Å². The van der Waals surface area contributed by atoms with Gasteiger partial charge in [-0.2, -0.15) is 4.98 Å². The number of nitrogens with zero attached hydrogens (tertiary/aromatic N) is 3. The van der Waals surface area contributed by atoms with E-state index in [1.165, 1.54) is 7.11 Å². The van der Waals surface area contributed by atoms with Crippen LogP contribution >= 0.6 is 11.6 Å². The molecule has 0 spiro atoms. The van der Waals surface area contributed by atoms with Gasteiger partial charge in [0.05, 0.1) is 48.1 Å². The molecule has 3 N–H and O–H groups in total. The van der Waals surface area contributed by atoms with E-state index in [0.717, 1.165) is 17.7 Å². The number of hydrogen-bond acceptors (Lipinski definition) is 8. The molecule has 0 radical (unpaired) electrons. The lowest BCUT2D eigenvalue weighted by molar-refractivity contribution is 0.0935. The molecule has 186 valence electrons. The Morgan fingerprint density at radius 3 is 2.81 bits per heavy atom. The summed E-state index contributed by atoms with van der Waals surface area (Å²) < 4.78 is 16.1. The first kappa shape index (κ1) is 23.8. The average molecular weight is 509 g/mol. The number of fused-ring (bicyclic) bond motifs is 2. The van der Waals surface area contributed by atoms with E-state index >= 15 is 0 Å². The number of anilines is 2. The Hall–Kier alpha value is -3.89. The minimum atomic E-state index is -0.185. The van der Waals surface area contributed by atoms with Gasteiger partial charge in [0, 0.05) is 43.6 Å². The van der Waals surface area contributed by atoms with E-state index in [0.29, 0.717) is 57.6 Å². The number of benzene rings is 1. The quantitative estimate of drug-likeness (QED) is 0.322. The van der Waals surface area contributed by atoms with Crippen molar-refractivity contribution in [2.75, 3.05) is 39.8 Å². The highest BCUT2D eigenvalue weighted by atomic mass is 35.5. The van der Waals surface area contributed by atoms with Crippen LogP contribution < -0.4 is 20.1 Å². The molecule has 11 heteroatoms. The smallest absolute Gasteiger partial charge is 0.316 e. The number of methoxy groups -OCH3 is 3. The molecule has 1 amide bonds. The van der Waals surface area contributed by atoms with Crippen molar-refractivity contribution in [3.05, 3.63) is 52.9 Å². The number of rotatable bonds is 8. The number of pyridine rings is 1. The lowest BCUT2D eigenvalue weighted by atomic mass is 9.93. The van der Waals surface area contributed by atoms with Gasteiger partial charge in [0.15, 0.2) is 5.75 Å². The van der Waals surface area contributed by atoms with E-state index < -0.39 is 0 Å². The Morgan fingerprint density at radius 1 is 1.17 bits per heavy atom. The normalized spacial score (nSPS) is 14.9. The first-order chi connectivity index (χ1) is 17.5. The Balaban J connectivity index is 1.76. The fourth-order valence-electron chi connectivity index (χ4n) is 4.47. The SMILES string of the molecule is COCC[C@H]1CNC(=O)c2c1[nH]c(-c1ccnc3cnc(OC)nc13)c2Nc1cccc(Cl)c1OC. The van der Waals surface area contributed by atoms with Crippen molar-refractivity contribution in [3.63, 3.8) is 0 Å². The van der Waals surface area contributed by atoms with Gasteiger partial charge >= 0.3 is 6.01 Å². The molecule has 4 heterocycles.